The third kappa shape index (κ3) is 4.77. The fourth-order valence-corrected chi connectivity index (χ4v) is 2.38. The van der Waals surface area contributed by atoms with Gasteiger partial charge in [-0.3, -0.25) is 14.4 Å². The zero-order valence-electron chi connectivity index (χ0n) is 14.8. The number of benzene rings is 1. The average molecular weight is 366 g/mol. The van der Waals surface area contributed by atoms with E-state index >= 15 is 0 Å². The molecule has 1 aliphatic rings. The summed E-state index contributed by atoms with van der Waals surface area (Å²) < 4.78 is 19.4. The van der Waals surface area contributed by atoms with Gasteiger partial charge in [0.05, 0.1) is 12.3 Å². The van der Waals surface area contributed by atoms with Crippen LogP contribution in [-0.2, 0) is 19.1 Å². The minimum absolute atomic E-state index is 0.0901. The molecule has 1 aromatic carbocycles. The van der Waals surface area contributed by atoms with E-state index in [0.717, 1.165) is 6.07 Å². The Balaban J connectivity index is 2.07. The van der Waals surface area contributed by atoms with E-state index in [-0.39, 0.29) is 48.8 Å². The van der Waals surface area contributed by atoms with Gasteiger partial charge in [0.25, 0.3) is 5.91 Å². The molecule has 8 nitrogen and oxygen atoms in total. The Labute approximate surface area is 150 Å². The van der Waals surface area contributed by atoms with Gasteiger partial charge in [0.1, 0.15) is 18.5 Å². The second-order valence-electron chi connectivity index (χ2n) is 6.20. The van der Waals surface area contributed by atoms with Crippen LogP contribution in [0, 0.1) is 11.7 Å². The van der Waals surface area contributed by atoms with Crippen molar-refractivity contribution >= 4 is 29.1 Å². The molecule has 0 aromatic heterocycles. The summed E-state index contributed by atoms with van der Waals surface area (Å²) in [5.74, 6) is -2.11. The van der Waals surface area contributed by atoms with E-state index in [2.05, 4.69) is 10.6 Å². The van der Waals surface area contributed by atoms with E-state index in [1.54, 1.807) is 13.8 Å². The number of hydrogen-bond acceptors (Lipinski definition) is 5. The third-order valence-electron chi connectivity index (χ3n) is 3.88. The van der Waals surface area contributed by atoms with Crippen molar-refractivity contribution in [3.8, 4) is 0 Å². The van der Waals surface area contributed by atoms with E-state index in [1.807, 2.05) is 0 Å². The van der Waals surface area contributed by atoms with Crippen molar-refractivity contribution in [3.05, 3.63) is 24.0 Å². The minimum atomic E-state index is -0.923. The third-order valence-corrected chi connectivity index (χ3v) is 3.88. The number of carbonyl (C=O) groups excluding carboxylic acids is 3. The maximum Gasteiger partial charge on any atom is 0.253 e. The van der Waals surface area contributed by atoms with E-state index < -0.39 is 17.8 Å². The lowest BCUT2D eigenvalue weighted by atomic mass is 10.1. The van der Waals surface area contributed by atoms with Crippen molar-refractivity contribution < 1.29 is 23.5 Å². The van der Waals surface area contributed by atoms with Gasteiger partial charge in [-0.25, -0.2) is 4.39 Å². The molecule has 4 N–H and O–H groups in total. The number of ether oxygens (including phenoxy) is 1. The standard InChI is InChI=1S/C17H23FN4O4/c1-10(2)16(24)21-13(8-19)17(25)20-11-3-4-14(12(18)7-11)22-5-6-26-9-15(22)23/h3-4,7,10,13H,5-6,8-9,19H2,1-2H3,(H,20,25)(H,21,24)/t13-/m1/s1. The van der Waals surface area contributed by atoms with Crippen molar-refractivity contribution in [2.45, 2.75) is 19.9 Å². The van der Waals surface area contributed by atoms with Gasteiger partial charge < -0.3 is 26.0 Å². The van der Waals surface area contributed by atoms with Gasteiger partial charge in [0, 0.05) is 24.7 Å². The highest BCUT2D eigenvalue weighted by atomic mass is 19.1. The Morgan fingerprint density at radius 1 is 1.35 bits per heavy atom. The molecule has 0 saturated carbocycles. The molecule has 26 heavy (non-hydrogen) atoms. The van der Waals surface area contributed by atoms with Crippen LogP contribution in [0.3, 0.4) is 0 Å². The largest absolute Gasteiger partial charge is 0.370 e. The normalized spacial score (nSPS) is 15.7. The van der Waals surface area contributed by atoms with Crippen LogP contribution in [-0.4, -0.2) is 50.1 Å². The number of carbonyl (C=O) groups is 3. The van der Waals surface area contributed by atoms with Crippen molar-refractivity contribution in [1.82, 2.24) is 5.32 Å². The number of halogens is 1. The summed E-state index contributed by atoms with van der Waals surface area (Å²) in [6.07, 6.45) is 0. The summed E-state index contributed by atoms with van der Waals surface area (Å²) in [6.45, 7) is 3.80. The molecule has 1 fully saturated rings. The first-order valence-electron chi connectivity index (χ1n) is 8.32. The molecular formula is C17H23FN4O4. The number of nitrogens with zero attached hydrogens (tertiary/aromatic N) is 1. The van der Waals surface area contributed by atoms with Crippen LogP contribution in [0.1, 0.15) is 13.8 Å². The van der Waals surface area contributed by atoms with Crippen LogP contribution in [0.4, 0.5) is 15.8 Å². The first-order chi connectivity index (χ1) is 12.3. The van der Waals surface area contributed by atoms with Crippen molar-refractivity contribution in [2.75, 3.05) is 36.5 Å². The van der Waals surface area contributed by atoms with E-state index in [1.165, 1.54) is 17.0 Å². The quantitative estimate of drug-likeness (QED) is 0.667. The Kier molecular flexibility index (Phi) is 6.64. The van der Waals surface area contributed by atoms with Crippen LogP contribution in [0.25, 0.3) is 0 Å². The molecule has 9 heteroatoms. The highest BCUT2D eigenvalue weighted by molar-refractivity contribution is 5.98. The first-order valence-corrected chi connectivity index (χ1v) is 8.32. The summed E-state index contributed by atoms with van der Waals surface area (Å²) in [5, 5.41) is 5.05. The molecule has 0 spiro atoms. The number of nitrogens with one attached hydrogen (secondary N) is 2. The fraction of sp³-hybridized carbons (Fsp3) is 0.471. The zero-order chi connectivity index (χ0) is 19.3. The lowest BCUT2D eigenvalue weighted by Crippen LogP contribution is -2.49. The molecule has 0 radical (unpaired) electrons. The summed E-state index contributed by atoms with van der Waals surface area (Å²) >= 11 is 0. The molecule has 0 bridgehead atoms. The second-order valence-corrected chi connectivity index (χ2v) is 6.20. The van der Waals surface area contributed by atoms with Gasteiger partial charge in [0.15, 0.2) is 0 Å². The predicted octanol–water partition coefficient (Wildman–Crippen LogP) is 0.227. The molecule has 1 heterocycles. The summed E-state index contributed by atoms with van der Waals surface area (Å²) in [7, 11) is 0. The van der Waals surface area contributed by atoms with Crippen LogP contribution >= 0.6 is 0 Å². The van der Waals surface area contributed by atoms with E-state index in [0.29, 0.717) is 6.61 Å². The molecule has 0 aliphatic carbocycles. The first kappa shape index (κ1) is 19.8. The van der Waals surface area contributed by atoms with E-state index in [4.69, 9.17) is 10.5 Å². The predicted molar refractivity (Wildman–Crippen MR) is 94.0 cm³/mol. The zero-order valence-corrected chi connectivity index (χ0v) is 14.8. The molecule has 142 valence electrons. The Morgan fingerprint density at radius 3 is 2.65 bits per heavy atom. The van der Waals surface area contributed by atoms with Gasteiger partial charge in [-0.2, -0.15) is 0 Å². The van der Waals surface area contributed by atoms with Crippen molar-refractivity contribution in [3.63, 3.8) is 0 Å². The highest BCUT2D eigenvalue weighted by Crippen LogP contribution is 2.24. The number of anilines is 2. The second kappa shape index (κ2) is 8.72. The van der Waals surface area contributed by atoms with Crippen molar-refractivity contribution in [1.29, 1.82) is 0 Å². The summed E-state index contributed by atoms with van der Waals surface area (Å²) in [4.78, 5) is 37.1. The van der Waals surface area contributed by atoms with Crippen LogP contribution in [0.2, 0.25) is 0 Å². The minimum Gasteiger partial charge on any atom is -0.370 e. The summed E-state index contributed by atoms with van der Waals surface area (Å²) in [5.41, 5.74) is 5.86. The van der Waals surface area contributed by atoms with Crippen LogP contribution in [0.15, 0.2) is 18.2 Å². The topological polar surface area (TPSA) is 114 Å². The number of rotatable bonds is 6. The Bertz CT molecular complexity index is 695. The lowest BCUT2D eigenvalue weighted by Gasteiger charge is -2.27. The summed E-state index contributed by atoms with van der Waals surface area (Å²) in [6, 6.07) is 3.09. The number of hydrogen-bond donors (Lipinski definition) is 3. The molecule has 0 unspecified atom stereocenters. The Hall–Kier alpha value is -2.52. The average Bonchev–Trinajstić information content (AvgIpc) is 2.60. The Morgan fingerprint density at radius 2 is 2.08 bits per heavy atom. The van der Waals surface area contributed by atoms with Crippen LogP contribution in [0.5, 0.6) is 0 Å². The maximum absolute atomic E-state index is 14.4. The fourth-order valence-electron chi connectivity index (χ4n) is 2.38. The monoisotopic (exact) mass is 366 g/mol. The highest BCUT2D eigenvalue weighted by Gasteiger charge is 2.24. The SMILES string of the molecule is CC(C)C(=O)N[C@H](CN)C(=O)Nc1ccc(N2CCOCC2=O)c(F)c1. The van der Waals surface area contributed by atoms with Gasteiger partial charge in [-0.15, -0.1) is 0 Å². The number of nitrogens with two attached hydrogens (primary N) is 1. The smallest absolute Gasteiger partial charge is 0.253 e. The molecule has 1 saturated heterocycles. The van der Waals surface area contributed by atoms with Gasteiger partial charge >= 0.3 is 0 Å². The lowest BCUT2D eigenvalue weighted by molar-refractivity contribution is -0.128. The number of morpholine rings is 1. The van der Waals surface area contributed by atoms with Gasteiger partial charge in [-0.05, 0) is 18.2 Å². The molecule has 3 amide bonds. The maximum atomic E-state index is 14.4. The number of amides is 3. The molecule has 2 rings (SSSR count). The van der Waals surface area contributed by atoms with Crippen molar-refractivity contribution in [2.24, 2.45) is 11.7 Å². The molecule has 1 aliphatic heterocycles. The van der Waals surface area contributed by atoms with Gasteiger partial charge in [0.2, 0.25) is 11.8 Å². The van der Waals surface area contributed by atoms with Gasteiger partial charge in [-0.1, -0.05) is 13.8 Å². The van der Waals surface area contributed by atoms with Crippen LogP contribution < -0.4 is 21.3 Å². The molecule has 1 atom stereocenters. The van der Waals surface area contributed by atoms with E-state index in [9.17, 15) is 18.8 Å². The molecule has 1 aromatic rings. The molecular weight excluding hydrogens is 343 g/mol.